The molecule has 27 heavy (non-hydrogen) atoms. The smallest absolute Gasteiger partial charge is 0.257 e. The fourth-order valence-electron chi connectivity index (χ4n) is 3.20. The quantitative estimate of drug-likeness (QED) is 0.679. The molecule has 0 radical (unpaired) electrons. The van der Waals surface area contributed by atoms with Gasteiger partial charge in [0.25, 0.3) is 5.91 Å². The first kappa shape index (κ1) is 17.7. The summed E-state index contributed by atoms with van der Waals surface area (Å²) in [6, 6.07) is 5.04. The van der Waals surface area contributed by atoms with Crippen LogP contribution in [-0.2, 0) is 16.6 Å². The van der Waals surface area contributed by atoms with Crippen molar-refractivity contribution in [2.24, 2.45) is 5.73 Å². The minimum absolute atomic E-state index is 0.188. The summed E-state index contributed by atoms with van der Waals surface area (Å²) >= 11 is 0. The molecule has 1 saturated heterocycles. The number of amides is 1. The van der Waals surface area contributed by atoms with Crippen molar-refractivity contribution in [1.82, 2.24) is 19.2 Å². The number of carbonyl (C=O) groups is 1. The van der Waals surface area contributed by atoms with E-state index >= 15 is 0 Å². The molecule has 4 rings (SSSR count). The van der Waals surface area contributed by atoms with Gasteiger partial charge in [-0.2, -0.15) is 4.31 Å². The van der Waals surface area contributed by atoms with E-state index in [1.807, 2.05) is 0 Å². The van der Waals surface area contributed by atoms with Crippen molar-refractivity contribution in [3.8, 4) is 0 Å². The number of aromatic nitrogens is 2. The molecule has 0 spiro atoms. The number of pyridine rings is 1. The molecule has 0 unspecified atom stereocenters. The highest BCUT2D eigenvalue weighted by atomic mass is 32.2. The maximum absolute atomic E-state index is 13.0. The first-order chi connectivity index (χ1) is 13.0. The summed E-state index contributed by atoms with van der Waals surface area (Å²) < 4.78 is 32.6. The van der Waals surface area contributed by atoms with Crippen molar-refractivity contribution in [3.63, 3.8) is 0 Å². The molecule has 10 heteroatoms. The second-order valence-electron chi connectivity index (χ2n) is 6.25. The van der Waals surface area contributed by atoms with Crippen LogP contribution in [0.25, 0.3) is 11.0 Å². The Hall–Kier alpha value is -2.69. The third-order valence-corrected chi connectivity index (χ3v) is 6.60. The lowest BCUT2D eigenvalue weighted by atomic mass is 10.2. The molecule has 4 heterocycles. The molecule has 1 amide bonds. The van der Waals surface area contributed by atoms with Crippen molar-refractivity contribution in [2.75, 3.05) is 26.2 Å². The predicted molar refractivity (Wildman–Crippen MR) is 97.4 cm³/mol. The van der Waals surface area contributed by atoms with Gasteiger partial charge in [0.05, 0.1) is 12.1 Å². The number of nitrogens with zero attached hydrogens (tertiary/aromatic N) is 3. The van der Waals surface area contributed by atoms with Gasteiger partial charge < -0.3 is 20.0 Å². The highest BCUT2D eigenvalue weighted by molar-refractivity contribution is 7.89. The van der Waals surface area contributed by atoms with Crippen molar-refractivity contribution in [1.29, 1.82) is 0 Å². The Morgan fingerprint density at radius 2 is 2.07 bits per heavy atom. The lowest BCUT2D eigenvalue weighted by molar-refractivity contribution is 0.0697. The first-order valence-electron chi connectivity index (χ1n) is 8.49. The van der Waals surface area contributed by atoms with Crippen molar-refractivity contribution >= 4 is 27.0 Å². The Kier molecular flexibility index (Phi) is 4.46. The van der Waals surface area contributed by atoms with Crippen LogP contribution in [0.5, 0.6) is 0 Å². The maximum atomic E-state index is 13.0. The van der Waals surface area contributed by atoms with E-state index < -0.39 is 10.0 Å². The summed E-state index contributed by atoms with van der Waals surface area (Å²) in [6.45, 7) is 1.29. The van der Waals surface area contributed by atoms with Crippen LogP contribution in [-0.4, -0.2) is 59.7 Å². The maximum Gasteiger partial charge on any atom is 0.257 e. The number of hydrogen-bond acceptors (Lipinski definition) is 6. The molecular formula is C17H19N5O4S. The number of H-pyrrole nitrogens is 1. The molecule has 1 aliphatic heterocycles. The third-order valence-electron chi connectivity index (χ3n) is 4.66. The molecule has 3 aromatic heterocycles. The molecule has 142 valence electrons. The standard InChI is InChI=1S/C17H19N5O4S/c18-9-13-8-12(11-26-13)17(23)21-4-6-22(7-5-21)27(24,25)15-10-20-16-14(15)2-1-3-19-16/h1-3,8,10-11H,4-7,9,18H2,(H,19,20). The van der Waals surface area contributed by atoms with Crippen molar-refractivity contribution in [2.45, 2.75) is 11.4 Å². The third kappa shape index (κ3) is 3.11. The molecule has 1 aliphatic rings. The Morgan fingerprint density at radius 1 is 1.30 bits per heavy atom. The summed E-state index contributed by atoms with van der Waals surface area (Å²) in [5, 5.41) is 0.559. The molecule has 3 aromatic rings. The van der Waals surface area contributed by atoms with Gasteiger partial charge in [0.1, 0.15) is 22.6 Å². The zero-order valence-electron chi connectivity index (χ0n) is 14.5. The number of rotatable bonds is 4. The lowest BCUT2D eigenvalue weighted by Crippen LogP contribution is -2.50. The van der Waals surface area contributed by atoms with Gasteiger partial charge in [0.2, 0.25) is 10.0 Å². The van der Waals surface area contributed by atoms with Crippen LogP contribution in [0.4, 0.5) is 0 Å². The Labute approximate surface area is 155 Å². The fourth-order valence-corrected chi connectivity index (χ4v) is 4.77. The van der Waals surface area contributed by atoms with Gasteiger partial charge in [0.15, 0.2) is 0 Å². The molecule has 9 nitrogen and oxygen atoms in total. The van der Waals surface area contributed by atoms with Gasteiger partial charge >= 0.3 is 0 Å². The summed E-state index contributed by atoms with van der Waals surface area (Å²) in [7, 11) is -3.67. The van der Waals surface area contributed by atoms with Gasteiger partial charge in [-0.15, -0.1) is 0 Å². The topological polar surface area (TPSA) is 126 Å². The zero-order valence-corrected chi connectivity index (χ0v) is 15.3. The largest absolute Gasteiger partial charge is 0.467 e. The summed E-state index contributed by atoms with van der Waals surface area (Å²) in [4.78, 5) is 21.4. The van der Waals surface area contributed by atoms with E-state index in [2.05, 4.69) is 9.97 Å². The highest BCUT2D eigenvalue weighted by Crippen LogP contribution is 2.25. The normalized spacial score (nSPS) is 16.1. The van der Waals surface area contributed by atoms with Crippen molar-refractivity contribution < 1.29 is 17.6 Å². The average Bonchev–Trinajstić information content (AvgIpc) is 3.34. The van der Waals surface area contributed by atoms with E-state index in [0.717, 1.165) is 0 Å². The van der Waals surface area contributed by atoms with E-state index in [0.29, 0.717) is 35.4 Å². The predicted octanol–water partition coefficient (Wildman–Crippen LogP) is 0.761. The van der Waals surface area contributed by atoms with Crippen LogP contribution < -0.4 is 5.73 Å². The molecule has 0 aromatic carbocycles. The number of furan rings is 1. The second-order valence-corrected chi connectivity index (χ2v) is 8.16. The monoisotopic (exact) mass is 389 g/mol. The van der Waals surface area contributed by atoms with Crippen LogP contribution in [0.1, 0.15) is 16.1 Å². The van der Waals surface area contributed by atoms with Gasteiger partial charge in [-0.3, -0.25) is 4.79 Å². The van der Waals surface area contributed by atoms with E-state index in [1.165, 1.54) is 16.8 Å². The zero-order chi connectivity index (χ0) is 19.0. The molecule has 0 atom stereocenters. The van der Waals surface area contributed by atoms with Gasteiger partial charge in [-0.05, 0) is 18.2 Å². The van der Waals surface area contributed by atoms with E-state index in [1.54, 1.807) is 29.3 Å². The molecule has 0 aliphatic carbocycles. The summed E-state index contributed by atoms with van der Waals surface area (Å²) in [6.07, 6.45) is 4.45. The Balaban J connectivity index is 1.49. The van der Waals surface area contributed by atoms with E-state index in [9.17, 15) is 13.2 Å². The first-order valence-corrected chi connectivity index (χ1v) is 9.93. The minimum atomic E-state index is -3.67. The number of nitrogens with two attached hydrogens (primary N) is 1. The number of sulfonamides is 1. The fraction of sp³-hybridized carbons (Fsp3) is 0.294. The summed E-state index contributed by atoms with van der Waals surface area (Å²) in [5.41, 5.74) is 6.45. The van der Waals surface area contributed by atoms with Crippen LogP contribution in [0.2, 0.25) is 0 Å². The number of hydrogen-bond donors (Lipinski definition) is 2. The summed E-state index contributed by atoms with van der Waals surface area (Å²) in [5.74, 6) is 0.347. The minimum Gasteiger partial charge on any atom is -0.467 e. The van der Waals surface area contributed by atoms with Gasteiger partial charge in [-0.1, -0.05) is 0 Å². The highest BCUT2D eigenvalue weighted by Gasteiger charge is 2.32. The van der Waals surface area contributed by atoms with Crippen LogP contribution in [0.3, 0.4) is 0 Å². The second kappa shape index (κ2) is 6.80. The molecule has 0 bridgehead atoms. The van der Waals surface area contributed by atoms with E-state index in [4.69, 9.17) is 10.2 Å². The Morgan fingerprint density at radius 3 is 2.78 bits per heavy atom. The van der Waals surface area contributed by atoms with Crippen LogP contribution in [0, 0.1) is 0 Å². The number of piperazine rings is 1. The molecular weight excluding hydrogens is 370 g/mol. The Bertz CT molecular complexity index is 1080. The van der Waals surface area contributed by atoms with E-state index in [-0.39, 0.29) is 30.4 Å². The van der Waals surface area contributed by atoms with Crippen LogP contribution in [0.15, 0.2) is 46.2 Å². The molecule has 1 fully saturated rings. The van der Waals surface area contributed by atoms with Gasteiger partial charge in [0, 0.05) is 44.0 Å². The van der Waals surface area contributed by atoms with Crippen LogP contribution >= 0.6 is 0 Å². The molecule has 3 N–H and O–H groups in total. The van der Waals surface area contributed by atoms with Crippen molar-refractivity contribution in [3.05, 3.63) is 48.2 Å². The SMILES string of the molecule is NCc1cc(C(=O)N2CCN(S(=O)(=O)c3c[nH]c4ncccc34)CC2)co1. The number of carbonyl (C=O) groups excluding carboxylic acids is 1. The molecule has 0 saturated carbocycles. The van der Waals surface area contributed by atoms with Gasteiger partial charge in [-0.25, -0.2) is 13.4 Å². The average molecular weight is 389 g/mol. The number of aromatic amines is 1. The number of nitrogens with one attached hydrogen (secondary N) is 1. The number of fused-ring (bicyclic) bond motifs is 1. The lowest BCUT2D eigenvalue weighted by Gasteiger charge is -2.33.